The molecule has 1 atom stereocenters. The van der Waals surface area contributed by atoms with Crippen molar-refractivity contribution in [2.45, 2.75) is 12.5 Å². The third kappa shape index (κ3) is 3.47. The minimum atomic E-state index is -0.650. The first-order chi connectivity index (χ1) is 15.0. The maximum Gasteiger partial charge on any atom is 0.254 e. The summed E-state index contributed by atoms with van der Waals surface area (Å²) in [4.78, 5) is 30.5. The van der Waals surface area contributed by atoms with Gasteiger partial charge in [-0.3, -0.25) is 9.59 Å². The Balaban J connectivity index is 1.41. The lowest BCUT2D eigenvalue weighted by Crippen LogP contribution is -2.45. The summed E-state index contributed by atoms with van der Waals surface area (Å²) in [5.41, 5.74) is 5.28. The Labute approximate surface area is 184 Å². The molecule has 0 saturated heterocycles. The van der Waals surface area contributed by atoms with Crippen LogP contribution in [0.1, 0.15) is 15.9 Å². The Hall–Kier alpha value is -3.57. The first-order valence-electron chi connectivity index (χ1n) is 10.0. The zero-order chi connectivity index (χ0) is 21.5. The maximum absolute atomic E-state index is 13.0. The number of halogens is 1. The number of anilines is 1. The van der Waals surface area contributed by atoms with Crippen LogP contribution in [0.4, 0.5) is 5.69 Å². The van der Waals surface area contributed by atoms with Crippen LogP contribution < -0.4 is 10.2 Å². The Kier molecular flexibility index (Phi) is 4.75. The van der Waals surface area contributed by atoms with Crippen LogP contribution in [0.25, 0.3) is 22.0 Å². The van der Waals surface area contributed by atoms with Gasteiger partial charge in [-0.1, -0.05) is 48.0 Å². The first-order valence-corrected chi connectivity index (χ1v) is 10.4. The highest BCUT2D eigenvalue weighted by Gasteiger charge is 2.32. The van der Waals surface area contributed by atoms with Crippen LogP contribution in [0.5, 0.6) is 0 Å². The Bertz CT molecular complexity index is 1310. The summed E-state index contributed by atoms with van der Waals surface area (Å²) in [6, 6.07) is 20.7. The molecule has 0 saturated carbocycles. The monoisotopic (exact) mass is 429 g/mol. The second kappa shape index (κ2) is 7.60. The summed E-state index contributed by atoms with van der Waals surface area (Å²) in [7, 11) is 1.68. The van der Waals surface area contributed by atoms with Gasteiger partial charge in [-0.05, 0) is 47.0 Å². The average molecular weight is 430 g/mol. The number of H-pyrrole nitrogens is 1. The van der Waals surface area contributed by atoms with Crippen molar-refractivity contribution in [2.24, 2.45) is 0 Å². The van der Waals surface area contributed by atoms with Gasteiger partial charge in [0.1, 0.15) is 6.04 Å². The molecule has 0 fully saturated rings. The van der Waals surface area contributed by atoms with Gasteiger partial charge in [0, 0.05) is 35.6 Å². The topological polar surface area (TPSA) is 65.2 Å². The van der Waals surface area contributed by atoms with Crippen molar-refractivity contribution in [2.75, 3.05) is 11.9 Å². The van der Waals surface area contributed by atoms with Crippen molar-refractivity contribution in [3.05, 3.63) is 89.1 Å². The number of aromatic nitrogens is 1. The van der Waals surface area contributed by atoms with Gasteiger partial charge in [-0.2, -0.15) is 0 Å². The number of carbonyl (C=O) groups excluding carboxylic acids is 2. The van der Waals surface area contributed by atoms with E-state index in [4.69, 9.17) is 11.6 Å². The molecule has 6 heteroatoms. The molecule has 1 aliphatic rings. The molecule has 31 heavy (non-hydrogen) atoms. The molecule has 5 nitrogen and oxygen atoms in total. The van der Waals surface area contributed by atoms with Gasteiger partial charge in [-0.25, -0.2) is 0 Å². The normalized spacial score (nSPS) is 16.2. The summed E-state index contributed by atoms with van der Waals surface area (Å²) in [5.74, 6) is -0.452. The molecular formula is C25H20ClN3O2. The number of carbonyl (C=O) groups is 2. The van der Waals surface area contributed by atoms with Crippen molar-refractivity contribution in [3.63, 3.8) is 0 Å². The van der Waals surface area contributed by atoms with Gasteiger partial charge >= 0.3 is 0 Å². The molecule has 3 aromatic carbocycles. The number of fused-ring (bicyclic) bond motifs is 2. The predicted octanol–water partition coefficient (Wildman–Crippen LogP) is 4.81. The summed E-state index contributed by atoms with van der Waals surface area (Å²) < 4.78 is 0. The number of rotatable bonds is 3. The average Bonchev–Trinajstić information content (AvgIpc) is 3.24. The van der Waals surface area contributed by atoms with Gasteiger partial charge in [0.05, 0.1) is 11.3 Å². The summed E-state index contributed by atoms with van der Waals surface area (Å²) in [5, 5.41) is 4.49. The van der Waals surface area contributed by atoms with Gasteiger partial charge in [0.15, 0.2) is 0 Å². The molecule has 4 aromatic rings. The molecule has 0 aliphatic carbocycles. The molecule has 0 radical (unpaired) electrons. The van der Waals surface area contributed by atoms with Gasteiger partial charge < -0.3 is 15.2 Å². The minimum absolute atomic E-state index is 0.157. The maximum atomic E-state index is 13.0. The number of nitrogens with one attached hydrogen (secondary N) is 2. The fourth-order valence-electron chi connectivity index (χ4n) is 4.16. The van der Waals surface area contributed by atoms with E-state index >= 15 is 0 Å². The van der Waals surface area contributed by atoms with Crippen LogP contribution in [0.3, 0.4) is 0 Å². The molecule has 5 rings (SSSR count). The summed E-state index contributed by atoms with van der Waals surface area (Å²) in [6.07, 6.45) is 2.34. The van der Waals surface area contributed by atoms with Gasteiger partial charge in [-0.15, -0.1) is 0 Å². The lowest BCUT2D eigenvalue weighted by molar-refractivity contribution is -0.120. The van der Waals surface area contributed by atoms with Crippen LogP contribution in [-0.2, 0) is 11.2 Å². The SMILES string of the molecule is CN1C(=O)C(Cc2ccc(-c3cccc4[nH]ccc34)cc2)NC(=O)c2cc(Cl)ccc21. The zero-order valence-corrected chi connectivity index (χ0v) is 17.6. The van der Waals surface area contributed by atoms with E-state index in [2.05, 4.69) is 40.6 Å². The van der Waals surface area contributed by atoms with E-state index in [1.54, 1.807) is 25.2 Å². The highest BCUT2D eigenvalue weighted by atomic mass is 35.5. The molecule has 1 unspecified atom stereocenters. The van der Waals surface area contributed by atoms with Gasteiger partial charge in [0.25, 0.3) is 5.91 Å². The molecule has 1 aliphatic heterocycles. The first kappa shape index (κ1) is 19.4. The van der Waals surface area contributed by atoms with E-state index in [1.807, 2.05) is 24.4 Å². The lowest BCUT2D eigenvalue weighted by atomic mass is 9.98. The second-order valence-electron chi connectivity index (χ2n) is 7.73. The summed E-state index contributed by atoms with van der Waals surface area (Å²) >= 11 is 6.05. The van der Waals surface area contributed by atoms with Crippen molar-refractivity contribution in [1.29, 1.82) is 0 Å². The van der Waals surface area contributed by atoms with E-state index in [9.17, 15) is 9.59 Å². The van der Waals surface area contributed by atoms with E-state index in [0.717, 1.165) is 22.2 Å². The lowest BCUT2D eigenvalue weighted by Gasteiger charge is -2.21. The van der Waals surface area contributed by atoms with Crippen molar-refractivity contribution in [3.8, 4) is 11.1 Å². The smallest absolute Gasteiger partial charge is 0.254 e. The fourth-order valence-corrected chi connectivity index (χ4v) is 4.34. The van der Waals surface area contributed by atoms with E-state index in [-0.39, 0.29) is 11.8 Å². The Morgan fingerprint density at radius 3 is 2.58 bits per heavy atom. The molecule has 2 N–H and O–H groups in total. The highest BCUT2D eigenvalue weighted by molar-refractivity contribution is 6.31. The van der Waals surface area contributed by atoms with E-state index in [0.29, 0.717) is 22.7 Å². The number of hydrogen-bond acceptors (Lipinski definition) is 2. The summed E-state index contributed by atoms with van der Waals surface area (Å²) in [6.45, 7) is 0. The number of likely N-dealkylation sites (N-methyl/N-ethyl adjacent to an activating group) is 1. The van der Waals surface area contributed by atoms with Crippen molar-refractivity contribution >= 4 is 40.0 Å². The van der Waals surface area contributed by atoms with Crippen molar-refractivity contribution in [1.82, 2.24) is 10.3 Å². The molecule has 0 spiro atoms. The number of nitrogens with zero attached hydrogens (tertiary/aromatic N) is 1. The van der Waals surface area contributed by atoms with E-state index in [1.165, 1.54) is 10.3 Å². The molecule has 0 bridgehead atoms. The van der Waals surface area contributed by atoms with Crippen molar-refractivity contribution < 1.29 is 9.59 Å². The molecule has 2 heterocycles. The quantitative estimate of drug-likeness (QED) is 0.491. The molecule has 154 valence electrons. The second-order valence-corrected chi connectivity index (χ2v) is 8.17. The largest absolute Gasteiger partial charge is 0.361 e. The molecule has 2 amide bonds. The number of hydrogen-bond donors (Lipinski definition) is 2. The Morgan fingerprint density at radius 2 is 1.77 bits per heavy atom. The zero-order valence-electron chi connectivity index (χ0n) is 16.9. The molecule has 1 aromatic heterocycles. The number of aromatic amines is 1. The minimum Gasteiger partial charge on any atom is -0.361 e. The van der Waals surface area contributed by atoms with E-state index < -0.39 is 6.04 Å². The number of benzene rings is 3. The third-order valence-corrected chi connectivity index (χ3v) is 6.03. The van der Waals surface area contributed by atoms with Crippen LogP contribution >= 0.6 is 11.6 Å². The highest BCUT2D eigenvalue weighted by Crippen LogP contribution is 2.29. The Morgan fingerprint density at radius 1 is 0.968 bits per heavy atom. The third-order valence-electron chi connectivity index (χ3n) is 5.80. The molecular weight excluding hydrogens is 410 g/mol. The van der Waals surface area contributed by atoms with Crippen LogP contribution in [0, 0.1) is 0 Å². The van der Waals surface area contributed by atoms with Gasteiger partial charge in [0.2, 0.25) is 5.91 Å². The van der Waals surface area contributed by atoms with Crippen LogP contribution in [0.2, 0.25) is 5.02 Å². The van der Waals surface area contributed by atoms with Crippen LogP contribution in [0.15, 0.2) is 72.9 Å². The number of amides is 2. The fraction of sp³-hybridized carbons (Fsp3) is 0.120. The standard InChI is InChI=1S/C25H20ClN3O2/c1-29-23-10-9-17(26)14-20(23)24(30)28-22(25(29)31)13-15-5-7-16(8-6-15)18-3-2-4-21-19(18)11-12-27-21/h2-12,14,22,27H,13H2,1H3,(H,28,30). The predicted molar refractivity (Wildman–Crippen MR) is 124 cm³/mol. The van der Waals surface area contributed by atoms with Crippen LogP contribution in [-0.4, -0.2) is 29.9 Å².